The smallest absolute Gasteiger partial charge is 0.0408 e. The van der Waals surface area contributed by atoms with E-state index in [1.54, 1.807) is 0 Å². The lowest BCUT2D eigenvalue weighted by molar-refractivity contribution is 1.26. The lowest BCUT2D eigenvalue weighted by atomic mass is 10.1. The Hall–Kier alpha value is -0.270. The molecule has 0 aliphatic carbocycles. The van der Waals surface area contributed by atoms with Gasteiger partial charge in [-0.1, -0.05) is 46.2 Å². The van der Waals surface area contributed by atoms with E-state index in [-0.39, 0.29) is 0 Å². The molecule has 11 heavy (non-hydrogen) atoms. The van der Waals surface area contributed by atoms with Crippen LogP contribution < -0.4 is 0 Å². The van der Waals surface area contributed by atoms with Gasteiger partial charge in [0.15, 0.2) is 0 Å². The van der Waals surface area contributed by atoms with Crippen molar-refractivity contribution in [1.82, 2.24) is 0 Å². The normalized spacial score (nSPS) is 9.64. The number of hydrogen-bond donors (Lipinski definition) is 0. The molecule has 0 spiro atoms. The van der Waals surface area contributed by atoms with Gasteiger partial charge in [-0.25, -0.2) is 0 Å². The fourth-order valence-corrected chi connectivity index (χ4v) is 1.41. The van der Waals surface area contributed by atoms with E-state index < -0.39 is 0 Å². The Bertz CT molecular complexity index is 268. The van der Waals surface area contributed by atoms with Gasteiger partial charge in [0.1, 0.15) is 0 Å². The van der Waals surface area contributed by atoms with Gasteiger partial charge in [-0.15, -0.1) is 0 Å². The third-order valence-electron chi connectivity index (χ3n) is 1.28. The molecular formula is C9H8BrCl. The van der Waals surface area contributed by atoms with Gasteiger partial charge in [-0.05, 0) is 22.2 Å². The third kappa shape index (κ3) is 3.08. The first kappa shape index (κ1) is 8.82. The van der Waals surface area contributed by atoms with Gasteiger partial charge in [0, 0.05) is 11.4 Å². The Balaban J connectivity index is 2.79. The van der Waals surface area contributed by atoms with Crippen LogP contribution in [-0.2, 0) is 6.42 Å². The zero-order valence-corrected chi connectivity index (χ0v) is 8.32. The van der Waals surface area contributed by atoms with Gasteiger partial charge in [-0.3, -0.25) is 0 Å². The predicted octanol–water partition coefficient (Wildman–Crippen LogP) is 3.79. The Morgan fingerprint density at radius 2 is 2.27 bits per heavy atom. The van der Waals surface area contributed by atoms with E-state index in [9.17, 15) is 0 Å². The average molecular weight is 232 g/mol. The maximum Gasteiger partial charge on any atom is 0.0408 e. The second-order valence-corrected chi connectivity index (χ2v) is 3.88. The Morgan fingerprint density at radius 1 is 1.55 bits per heavy atom. The summed E-state index contributed by atoms with van der Waals surface area (Å²) in [4.78, 5) is 0. The van der Waals surface area contributed by atoms with Crippen LogP contribution in [0.5, 0.6) is 0 Å². The third-order valence-corrected chi connectivity index (χ3v) is 1.80. The predicted molar refractivity (Wildman–Crippen MR) is 53.2 cm³/mol. The first-order valence-electron chi connectivity index (χ1n) is 3.26. The average Bonchev–Trinajstić information content (AvgIpc) is 1.85. The number of allylic oxidation sites excluding steroid dienone is 1. The van der Waals surface area contributed by atoms with Crippen molar-refractivity contribution in [2.45, 2.75) is 6.42 Å². The number of hydrogen-bond acceptors (Lipinski definition) is 0. The summed E-state index contributed by atoms with van der Waals surface area (Å²) in [5, 5.41) is 0.774. The van der Waals surface area contributed by atoms with Crippen molar-refractivity contribution in [3.8, 4) is 0 Å². The van der Waals surface area contributed by atoms with Crippen LogP contribution >= 0.6 is 27.5 Å². The quantitative estimate of drug-likeness (QED) is 0.726. The van der Waals surface area contributed by atoms with Gasteiger partial charge in [0.05, 0.1) is 0 Å². The van der Waals surface area contributed by atoms with Gasteiger partial charge < -0.3 is 0 Å². The van der Waals surface area contributed by atoms with E-state index in [0.717, 1.165) is 15.9 Å². The molecule has 0 amide bonds. The van der Waals surface area contributed by atoms with Crippen molar-refractivity contribution in [2.75, 3.05) is 0 Å². The Kier molecular flexibility index (Phi) is 3.16. The second-order valence-electron chi connectivity index (χ2n) is 2.32. The molecule has 1 rings (SSSR count). The summed E-state index contributed by atoms with van der Waals surface area (Å²) < 4.78 is 0.972. The first-order valence-corrected chi connectivity index (χ1v) is 4.43. The number of rotatable bonds is 2. The summed E-state index contributed by atoms with van der Waals surface area (Å²) >= 11 is 9.08. The van der Waals surface area contributed by atoms with Crippen LogP contribution in [0.2, 0.25) is 5.02 Å². The molecule has 0 heterocycles. The van der Waals surface area contributed by atoms with Crippen LogP contribution in [0, 0.1) is 0 Å². The molecular weight excluding hydrogens is 223 g/mol. The summed E-state index contributed by atoms with van der Waals surface area (Å²) in [5.41, 5.74) is 1.18. The van der Waals surface area contributed by atoms with Crippen LogP contribution in [0.25, 0.3) is 0 Å². The Morgan fingerprint density at radius 3 is 2.82 bits per heavy atom. The number of benzene rings is 1. The molecule has 0 unspecified atom stereocenters. The lowest BCUT2D eigenvalue weighted by Crippen LogP contribution is -1.81. The fraction of sp³-hybridized carbons (Fsp3) is 0.111. The van der Waals surface area contributed by atoms with Crippen molar-refractivity contribution in [2.24, 2.45) is 0 Å². The maximum absolute atomic E-state index is 5.78. The molecule has 0 saturated carbocycles. The van der Waals surface area contributed by atoms with E-state index in [0.29, 0.717) is 0 Å². The highest BCUT2D eigenvalue weighted by Crippen LogP contribution is 2.15. The highest BCUT2D eigenvalue weighted by atomic mass is 79.9. The van der Waals surface area contributed by atoms with Gasteiger partial charge in [-0.2, -0.15) is 0 Å². The van der Waals surface area contributed by atoms with Crippen LogP contribution in [-0.4, -0.2) is 0 Å². The van der Waals surface area contributed by atoms with Crippen LogP contribution in [0.15, 0.2) is 35.3 Å². The first-order chi connectivity index (χ1) is 5.18. The van der Waals surface area contributed by atoms with Crippen molar-refractivity contribution in [3.63, 3.8) is 0 Å². The minimum atomic E-state index is 0.774. The molecule has 0 nitrogen and oxygen atoms in total. The zero-order valence-electron chi connectivity index (χ0n) is 5.98. The topological polar surface area (TPSA) is 0 Å². The van der Waals surface area contributed by atoms with E-state index >= 15 is 0 Å². The molecule has 1 aromatic carbocycles. The molecule has 0 bridgehead atoms. The van der Waals surface area contributed by atoms with Crippen molar-refractivity contribution in [1.29, 1.82) is 0 Å². The van der Waals surface area contributed by atoms with E-state index in [4.69, 9.17) is 11.6 Å². The van der Waals surface area contributed by atoms with Crippen molar-refractivity contribution >= 4 is 27.5 Å². The molecule has 0 aromatic heterocycles. The van der Waals surface area contributed by atoms with Crippen molar-refractivity contribution < 1.29 is 0 Å². The summed E-state index contributed by atoms with van der Waals surface area (Å²) in [6.07, 6.45) is 0.834. The van der Waals surface area contributed by atoms with Gasteiger partial charge in [0.2, 0.25) is 0 Å². The summed E-state index contributed by atoms with van der Waals surface area (Å²) in [6.45, 7) is 3.75. The van der Waals surface area contributed by atoms with Crippen LogP contribution in [0.4, 0.5) is 0 Å². The monoisotopic (exact) mass is 230 g/mol. The van der Waals surface area contributed by atoms with E-state index in [1.807, 2.05) is 24.3 Å². The lowest BCUT2D eigenvalue weighted by Gasteiger charge is -1.98. The maximum atomic E-state index is 5.78. The molecule has 1 aromatic rings. The van der Waals surface area contributed by atoms with E-state index in [2.05, 4.69) is 22.5 Å². The minimum Gasteiger partial charge on any atom is -0.0885 e. The van der Waals surface area contributed by atoms with Gasteiger partial charge in [0.25, 0.3) is 0 Å². The fourth-order valence-electron chi connectivity index (χ4n) is 0.868. The highest BCUT2D eigenvalue weighted by molar-refractivity contribution is 9.11. The Labute approximate surface area is 80.0 Å². The zero-order chi connectivity index (χ0) is 8.27. The van der Waals surface area contributed by atoms with Crippen LogP contribution in [0.1, 0.15) is 5.56 Å². The minimum absolute atomic E-state index is 0.774. The standard InChI is InChI=1S/C9H8BrCl/c1-7(10)5-8-3-2-4-9(11)6-8/h2-4,6H,1,5H2. The highest BCUT2D eigenvalue weighted by Gasteiger charge is 1.94. The summed E-state index contributed by atoms with van der Waals surface area (Å²) in [5.74, 6) is 0. The summed E-state index contributed by atoms with van der Waals surface area (Å²) in [6, 6.07) is 7.77. The molecule has 2 heteroatoms. The molecule has 0 radical (unpaired) electrons. The molecule has 0 atom stereocenters. The molecule has 0 N–H and O–H groups in total. The molecule has 58 valence electrons. The van der Waals surface area contributed by atoms with E-state index in [1.165, 1.54) is 5.56 Å². The van der Waals surface area contributed by atoms with Gasteiger partial charge >= 0.3 is 0 Å². The second kappa shape index (κ2) is 3.93. The van der Waals surface area contributed by atoms with Crippen molar-refractivity contribution in [3.05, 3.63) is 45.9 Å². The molecule has 0 aliphatic rings. The molecule has 0 aliphatic heterocycles. The number of halogens is 2. The molecule has 0 fully saturated rings. The SMILES string of the molecule is C=C(Br)Cc1cccc(Cl)c1. The summed E-state index contributed by atoms with van der Waals surface area (Å²) in [7, 11) is 0. The molecule has 0 saturated heterocycles. The van der Waals surface area contributed by atoms with Crippen LogP contribution in [0.3, 0.4) is 0 Å². The largest absolute Gasteiger partial charge is 0.0885 e.